The first-order valence-corrected chi connectivity index (χ1v) is 7.89. The van der Waals surface area contributed by atoms with E-state index in [-0.39, 0.29) is 18.6 Å². The van der Waals surface area contributed by atoms with Crippen LogP contribution in [0, 0.1) is 0 Å². The Morgan fingerprint density at radius 1 is 0.846 bits per heavy atom. The van der Waals surface area contributed by atoms with Crippen molar-refractivity contribution in [3.05, 3.63) is 65.7 Å². The Hall–Kier alpha value is -3.48. The molecule has 0 heterocycles. The lowest BCUT2D eigenvalue weighted by Crippen LogP contribution is -2.21. The lowest BCUT2D eigenvalue weighted by Gasteiger charge is -2.07. The van der Waals surface area contributed by atoms with Crippen LogP contribution in [0.15, 0.2) is 54.6 Å². The molecular formula is C19H18N2O5. The van der Waals surface area contributed by atoms with Crippen LogP contribution in [0.4, 0.5) is 5.69 Å². The average Bonchev–Trinajstić information content (AvgIpc) is 2.65. The molecule has 0 saturated heterocycles. The summed E-state index contributed by atoms with van der Waals surface area (Å²) in [6.07, 6.45) is -0.0899. The summed E-state index contributed by atoms with van der Waals surface area (Å²) in [5, 5.41) is 2.52. The Kier molecular flexibility index (Phi) is 6.61. The van der Waals surface area contributed by atoms with E-state index in [1.165, 1.54) is 24.3 Å². The molecule has 2 aromatic carbocycles. The van der Waals surface area contributed by atoms with Crippen LogP contribution in [0.25, 0.3) is 0 Å². The Balaban J connectivity index is 1.72. The molecule has 7 nitrogen and oxygen atoms in total. The number of esters is 1. The fourth-order valence-corrected chi connectivity index (χ4v) is 2.12. The Bertz CT molecular complexity index is 800. The summed E-state index contributed by atoms with van der Waals surface area (Å²) in [5.41, 5.74) is 6.41. The van der Waals surface area contributed by atoms with Crippen LogP contribution in [-0.4, -0.2) is 30.2 Å². The molecular weight excluding hydrogens is 336 g/mol. The molecule has 0 atom stereocenters. The zero-order valence-corrected chi connectivity index (χ0v) is 13.9. The van der Waals surface area contributed by atoms with Crippen LogP contribution in [0.2, 0.25) is 0 Å². The molecule has 3 N–H and O–H groups in total. The van der Waals surface area contributed by atoms with E-state index in [4.69, 9.17) is 10.5 Å². The van der Waals surface area contributed by atoms with E-state index >= 15 is 0 Å². The maximum Gasteiger partial charge on any atom is 0.306 e. The van der Waals surface area contributed by atoms with Crippen LogP contribution in [0.3, 0.4) is 0 Å². The molecule has 0 unspecified atom stereocenters. The second kappa shape index (κ2) is 9.12. The first kappa shape index (κ1) is 18.9. The van der Waals surface area contributed by atoms with Gasteiger partial charge in [0.2, 0.25) is 5.91 Å². The number of hydrogen-bond acceptors (Lipinski definition) is 5. The number of ketones is 1. The number of hydrogen-bond donors (Lipinski definition) is 2. The van der Waals surface area contributed by atoms with Gasteiger partial charge in [-0.1, -0.05) is 30.3 Å². The third-order valence-electron chi connectivity index (χ3n) is 3.47. The second-order valence-corrected chi connectivity index (χ2v) is 5.44. The third kappa shape index (κ3) is 5.86. The van der Waals surface area contributed by atoms with Crippen LogP contribution in [0.5, 0.6) is 0 Å². The fourth-order valence-electron chi connectivity index (χ4n) is 2.12. The van der Waals surface area contributed by atoms with Gasteiger partial charge in [-0.2, -0.15) is 0 Å². The number of ether oxygens (including phenoxy) is 1. The molecule has 7 heteroatoms. The van der Waals surface area contributed by atoms with Crippen molar-refractivity contribution in [2.24, 2.45) is 5.73 Å². The number of primary amides is 1. The minimum Gasteiger partial charge on any atom is -0.456 e. The van der Waals surface area contributed by atoms with E-state index < -0.39 is 24.4 Å². The number of carbonyl (C=O) groups excluding carboxylic acids is 4. The number of carbonyl (C=O) groups is 4. The summed E-state index contributed by atoms with van der Waals surface area (Å²) in [7, 11) is 0. The lowest BCUT2D eigenvalue weighted by atomic mass is 10.1. The smallest absolute Gasteiger partial charge is 0.306 e. The summed E-state index contributed by atoms with van der Waals surface area (Å²) in [5.74, 6) is -1.89. The maximum absolute atomic E-state index is 11.9. The highest BCUT2D eigenvalue weighted by atomic mass is 16.5. The monoisotopic (exact) mass is 354 g/mol. The predicted octanol–water partition coefficient (Wildman–Crippen LogP) is 1.93. The molecule has 0 aliphatic carbocycles. The van der Waals surface area contributed by atoms with Crippen molar-refractivity contribution in [3.63, 3.8) is 0 Å². The molecule has 2 amide bonds. The molecule has 0 bridgehead atoms. The summed E-state index contributed by atoms with van der Waals surface area (Å²) in [4.78, 5) is 46.2. The van der Waals surface area contributed by atoms with Crippen molar-refractivity contribution in [2.75, 3.05) is 11.9 Å². The zero-order chi connectivity index (χ0) is 18.9. The molecule has 26 heavy (non-hydrogen) atoms. The Morgan fingerprint density at radius 3 is 2.12 bits per heavy atom. The SMILES string of the molecule is NC(=O)c1ccc(NC(=O)COC(=O)CCC(=O)c2ccccc2)cc1. The minimum absolute atomic E-state index is 0.0129. The highest BCUT2D eigenvalue weighted by Crippen LogP contribution is 2.09. The van der Waals surface area contributed by atoms with Gasteiger partial charge in [-0.3, -0.25) is 19.2 Å². The lowest BCUT2D eigenvalue weighted by molar-refractivity contribution is -0.147. The zero-order valence-electron chi connectivity index (χ0n) is 13.9. The van der Waals surface area contributed by atoms with Gasteiger partial charge in [0.25, 0.3) is 5.91 Å². The molecule has 0 fully saturated rings. The van der Waals surface area contributed by atoms with Gasteiger partial charge in [-0.15, -0.1) is 0 Å². The van der Waals surface area contributed by atoms with Crippen molar-refractivity contribution in [1.82, 2.24) is 0 Å². The van der Waals surface area contributed by atoms with Crippen LogP contribution in [0.1, 0.15) is 33.6 Å². The van der Waals surface area contributed by atoms with Crippen molar-refractivity contribution < 1.29 is 23.9 Å². The van der Waals surface area contributed by atoms with Gasteiger partial charge < -0.3 is 15.8 Å². The number of Topliss-reactive ketones (excluding diaryl/α,β-unsaturated/α-hetero) is 1. The second-order valence-electron chi connectivity index (χ2n) is 5.44. The molecule has 0 saturated carbocycles. The summed E-state index contributed by atoms with van der Waals surface area (Å²) < 4.78 is 4.85. The van der Waals surface area contributed by atoms with Gasteiger partial charge in [0.1, 0.15) is 0 Å². The summed E-state index contributed by atoms with van der Waals surface area (Å²) >= 11 is 0. The molecule has 0 spiro atoms. The number of anilines is 1. The van der Waals surface area contributed by atoms with Gasteiger partial charge >= 0.3 is 5.97 Å². The first-order chi connectivity index (χ1) is 12.5. The van der Waals surface area contributed by atoms with Crippen molar-refractivity contribution in [1.29, 1.82) is 0 Å². The van der Waals surface area contributed by atoms with Crippen LogP contribution >= 0.6 is 0 Å². The molecule has 2 aromatic rings. The standard InChI is InChI=1S/C19H18N2O5/c20-19(25)14-6-8-15(9-7-14)21-17(23)12-26-18(24)11-10-16(22)13-4-2-1-3-5-13/h1-9H,10-12H2,(H2,20,25)(H,21,23). The normalized spacial score (nSPS) is 10.0. The van der Waals surface area contributed by atoms with Gasteiger partial charge in [-0.05, 0) is 24.3 Å². The van der Waals surface area contributed by atoms with E-state index in [9.17, 15) is 19.2 Å². The number of nitrogens with one attached hydrogen (secondary N) is 1. The van der Waals surface area contributed by atoms with E-state index in [0.29, 0.717) is 16.8 Å². The van der Waals surface area contributed by atoms with Gasteiger partial charge in [0.05, 0.1) is 6.42 Å². The number of benzene rings is 2. The molecule has 0 radical (unpaired) electrons. The van der Waals surface area contributed by atoms with E-state index in [2.05, 4.69) is 5.32 Å². The van der Waals surface area contributed by atoms with Crippen LogP contribution < -0.4 is 11.1 Å². The number of nitrogens with two attached hydrogens (primary N) is 1. The minimum atomic E-state index is -0.631. The van der Waals surface area contributed by atoms with Crippen LogP contribution in [-0.2, 0) is 14.3 Å². The maximum atomic E-state index is 11.9. The van der Waals surface area contributed by atoms with Gasteiger partial charge in [0.15, 0.2) is 12.4 Å². The summed E-state index contributed by atoms with van der Waals surface area (Å²) in [6.45, 7) is -0.462. The topological polar surface area (TPSA) is 116 Å². The first-order valence-electron chi connectivity index (χ1n) is 7.89. The van der Waals surface area contributed by atoms with Gasteiger partial charge in [0, 0.05) is 23.2 Å². The van der Waals surface area contributed by atoms with Gasteiger partial charge in [-0.25, -0.2) is 0 Å². The Labute approximate surface area is 150 Å². The summed E-state index contributed by atoms with van der Waals surface area (Å²) in [6, 6.07) is 14.6. The molecule has 0 aliphatic rings. The van der Waals surface area contributed by atoms with E-state index in [1.54, 1.807) is 30.3 Å². The highest BCUT2D eigenvalue weighted by Gasteiger charge is 2.12. The molecule has 2 rings (SSSR count). The highest BCUT2D eigenvalue weighted by molar-refractivity contribution is 5.98. The third-order valence-corrected chi connectivity index (χ3v) is 3.47. The quantitative estimate of drug-likeness (QED) is 0.555. The largest absolute Gasteiger partial charge is 0.456 e. The number of amides is 2. The molecule has 134 valence electrons. The molecule has 0 aromatic heterocycles. The van der Waals surface area contributed by atoms with E-state index in [1.807, 2.05) is 0 Å². The Morgan fingerprint density at radius 2 is 1.50 bits per heavy atom. The molecule has 0 aliphatic heterocycles. The number of rotatable bonds is 8. The van der Waals surface area contributed by atoms with Crippen molar-refractivity contribution in [3.8, 4) is 0 Å². The van der Waals surface area contributed by atoms with Crippen molar-refractivity contribution in [2.45, 2.75) is 12.8 Å². The average molecular weight is 354 g/mol. The predicted molar refractivity (Wildman–Crippen MR) is 94.6 cm³/mol. The van der Waals surface area contributed by atoms with E-state index in [0.717, 1.165) is 0 Å². The fraction of sp³-hybridized carbons (Fsp3) is 0.158. The van der Waals surface area contributed by atoms with Crippen molar-refractivity contribution >= 4 is 29.3 Å².